The van der Waals surface area contributed by atoms with Gasteiger partial charge in [0, 0.05) is 17.8 Å². The topological polar surface area (TPSA) is 89.3 Å². The van der Waals surface area contributed by atoms with E-state index in [9.17, 15) is 9.59 Å². The summed E-state index contributed by atoms with van der Waals surface area (Å²) in [4.78, 5) is 27.7. The lowest BCUT2D eigenvalue weighted by molar-refractivity contribution is -0.116. The average molecular weight is 568 g/mol. The maximum Gasteiger partial charge on any atom is 0.251 e. The predicted octanol–water partition coefficient (Wildman–Crippen LogP) is 5.19. The number of ether oxygens (including phenoxy) is 1. The lowest BCUT2D eigenvalue weighted by Gasteiger charge is -2.17. The van der Waals surface area contributed by atoms with E-state index in [4.69, 9.17) is 27.9 Å². The summed E-state index contributed by atoms with van der Waals surface area (Å²) in [7, 11) is 1.54. The van der Waals surface area contributed by atoms with Crippen molar-refractivity contribution in [3.63, 3.8) is 0 Å². The molecule has 8 nitrogen and oxygen atoms in total. The highest BCUT2D eigenvalue weighted by Gasteiger charge is 2.25. The minimum absolute atomic E-state index is 0.0171. The molecular weight excluding hydrogens is 545 g/mol. The van der Waals surface area contributed by atoms with E-state index in [2.05, 4.69) is 15.5 Å². The quantitative estimate of drug-likeness (QED) is 0.294. The molecule has 1 N–H and O–H groups in total. The van der Waals surface area contributed by atoms with Crippen molar-refractivity contribution in [2.75, 3.05) is 24.3 Å². The molecule has 0 aliphatic carbocycles. The summed E-state index contributed by atoms with van der Waals surface area (Å²) in [6.07, 6.45) is 0.836. The van der Waals surface area contributed by atoms with Crippen molar-refractivity contribution in [2.45, 2.75) is 18.1 Å². The Hall–Kier alpha value is -3.53. The number of hydrogen-bond donors (Lipinski definition) is 1. The van der Waals surface area contributed by atoms with Gasteiger partial charge in [0.15, 0.2) is 11.0 Å². The molecule has 1 aliphatic heterocycles. The number of fused-ring (bicyclic) bond motifs is 1. The van der Waals surface area contributed by atoms with Gasteiger partial charge in [0.25, 0.3) is 5.91 Å². The first kappa shape index (κ1) is 26.1. The van der Waals surface area contributed by atoms with Crippen LogP contribution < -0.4 is 15.0 Å². The Morgan fingerprint density at radius 3 is 2.68 bits per heavy atom. The van der Waals surface area contributed by atoms with Gasteiger partial charge in [-0.3, -0.25) is 14.2 Å². The van der Waals surface area contributed by atoms with E-state index in [0.717, 1.165) is 12.1 Å². The van der Waals surface area contributed by atoms with Gasteiger partial charge in [0.1, 0.15) is 5.75 Å². The van der Waals surface area contributed by atoms with Crippen LogP contribution in [0.1, 0.15) is 21.7 Å². The van der Waals surface area contributed by atoms with Crippen molar-refractivity contribution in [3.8, 4) is 11.4 Å². The highest BCUT2D eigenvalue weighted by molar-refractivity contribution is 7.99. The molecule has 11 heteroatoms. The number of hydrogen-bond acceptors (Lipinski definition) is 6. The third-order valence-corrected chi connectivity index (χ3v) is 7.77. The normalized spacial score (nSPS) is 12.3. The van der Waals surface area contributed by atoms with Crippen LogP contribution in [0.25, 0.3) is 5.69 Å². The van der Waals surface area contributed by atoms with Crippen LogP contribution in [0.2, 0.25) is 10.0 Å². The summed E-state index contributed by atoms with van der Waals surface area (Å²) >= 11 is 13.7. The van der Waals surface area contributed by atoms with Crippen LogP contribution in [0.4, 0.5) is 5.69 Å². The zero-order valence-electron chi connectivity index (χ0n) is 20.4. The van der Waals surface area contributed by atoms with Crippen molar-refractivity contribution in [3.05, 3.63) is 93.7 Å². The lowest BCUT2D eigenvalue weighted by atomic mass is 10.2. The van der Waals surface area contributed by atoms with Gasteiger partial charge in [0.2, 0.25) is 5.91 Å². The number of amides is 2. The molecule has 0 radical (unpaired) electrons. The zero-order valence-corrected chi connectivity index (χ0v) is 22.7. The number of carbonyl (C=O) groups excluding carboxylic acids is 2. The summed E-state index contributed by atoms with van der Waals surface area (Å²) < 4.78 is 6.98. The highest BCUT2D eigenvalue weighted by atomic mass is 35.5. The molecule has 38 heavy (non-hydrogen) atoms. The summed E-state index contributed by atoms with van der Waals surface area (Å²) in [6.45, 7) is 0.747. The summed E-state index contributed by atoms with van der Waals surface area (Å²) in [5, 5.41) is 12.8. The second kappa shape index (κ2) is 11.5. The number of halogens is 2. The molecule has 0 saturated heterocycles. The molecule has 4 aromatic rings. The Bertz CT molecular complexity index is 1510. The fraction of sp³-hybridized carbons (Fsp3) is 0.185. The van der Waals surface area contributed by atoms with E-state index in [1.165, 1.54) is 17.3 Å². The van der Waals surface area contributed by atoms with Gasteiger partial charge in [-0.15, -0.1) is 10.2 Å². The molecule has 0 unspecified atom stereocenters. The molecule has 2 heterocycles. The molecule has 0 spiro atoms. The molecule has 0 bridgehead atoms. The smallest absolute Gasteiger partial charge is 0.251 e. The summed E-state index contributed by atoms with van der Waals surface area (Å²) in [5.74, 6) is 0.923. The van der Waals surface area contributed by atoms with Gasteiger partial charge in [-0.1, -0.05) is 59.2 Å². The largest absolute Gasteiger partial charge is 0.497 e. The van der Waals surface area contributed by atoms with Crippen LogP contribution in [0, 0.1) is 0 Å². The lowest BCUT2D eigenvalue weighted by Crippen LogP contribution is -2.30. The molecule has 0 atom stereocenters. The number of anilines is 1. The maximum atomic E-state index is 13.1. The standard InChI is InChI=1S/C27H23Cl2N5O3S/c1-37-20-7-4-6-18(13-20)26(36)30-15-24-31-32-27(34(24)19-9-10-21(28)22(29)14-19)38-16-25(35)33-12-11-17-5-2-3-8-23(17)33/h2-10,13-14H,11-12,15-16H2,1H3,(H,30,36). The first-order chi connectivity index (χ1) is 18.4. The first-order valence-electron chi connectivity index (χ1n) is 11.8. The van der Waals surface area contributed by atoms with Crippen LogP contribution in [0.3, 0.4) is 0 Å². The van der Waals surface area contributed by atoms with E-state index in [-0.39, 0.29) is 24.1 Å². The Kier molecular flexibility index (Phi) is 7.87. The summed E-state index contributed by atoms with van der Waals surface area (Å²) in [6, 6.07) is 20.0. The molecule has 3 aromatic carbocycles. The van der Waals surface area contributed by atoms with Crippen LogP contribution in [0.15, 0.2) is 71.9 Å². The first-order valence-corrected chi connectivity index (χ1v) is 13.5. The minimum Gasteiger partial charge on any atom is -0.497 e. The number of para-hydroxylation sites is 1. The van der Waals surface area contributed by atoms with Crippen molar-refractivity contribution in [1.82, 2.24) is 20.1 Å². The summed E-state index contributed by atoms with van der Waals surface area (Å²) in [5.41, 5.74) is 3.23. The van der Waals surface area contributed by atoms with E-state index in [1.54, 1.807) is 59.0 Å². The van der Waals surface area contributed by atoms with Gasteiger partial charge < -0.3 is 15.0 Å². The molecule has 194 valence electrons. The second-order valence-electron chi connectivity index (χ2n) is 8.46. The van der Waals surface area contributed by atoms with Crippen molar-refractivity contribution in [1.29, 1.82) is 0 Å². The maximum absolute atomic E-state index is 13.1. The van der Waals surface area contributed by atoms with E-state index in [1.807, 2.05) is 24.3 Å². The fourth-order valence-electron chi connectivity index (χ4n) is 4.22. The molecular formula is C27H23Cl2N5O3S. The van der Waals surface area contributed by atoms with Gasteiger partial charge in [0.05, 0.1) is 35.1 Å². The van der Waals surface area contributed by atoms with Crippen LogP contribution >= 0.6 is 35.0 Å². The molecule has 1 aliphatic rings. The van der Waals surface area contributed by atoms with Crippen LogP contribution in [0.5, 0.6) is 5.75 Å². The average Bonchev–Trinajstić information content (AvgIpc) is 3.56. The SMILES string of the molecule is COc1cccc(C(=O)NCc2nnc(SCC(=O)N3CCc4ccccc43)n2-c2ccc(Cl)c(Cl)c2)c1. The fourth-order valence-corrected chi connectivity index (χ4v) is 5.36. The molecule has 5 rings (SSSR count). The third-order valence-electron chi connectivity index (χ3n) is 6.11. The number of nitrogens with one attached hydrogen (secondary N) is 1. The number of carbonyl (C=O) groups is 2. The van der Waals surface area contributed by atoms with E-state index in [0.29, 0.717) is 44.6 Å². The van der Waals surface area contributed by atoms with Crippen LogP contribution in [-0.4, -0.2) is 46.0 Å². The van der Waals surface area contributed by atoms with Crippen LogP contribution in [-0.2, 0) is 17.8 Å². The molecule has 0 fully saturated rings. The zero-order chi connectivity index (χ0) is 26.6. The van der Waals surface area contributed by atoms with Crippen molar-refractivity contribution >= 4 is 52.5 Å². The van der Waals surface area contributed by atoms with Gasteiger partial charge in [-0.2, -0.15) is 0 Å². The Labute approximate surface area is 233 Å². The number of nitrogens with zero attached hydrogens (tertiary/aromatic N) is 4. The van der Waals surface area contributed by atoms with Gasteiger partial charge in [-0.25, -0.2) is 0 Å². The van der Waals surface area contributed by atoms with Crippen molar-refractivity contribution in [2.24, 2.45) is 0 Å². The van der Waals surface area contributed by atoms with Gasteiger partial charge >= 0.3 is 0 Å². The van der Waals surface area contributed by atoms with E-state index < -0.39 is 0 Å². The van der Waals surface area contributed by atoms with Gasteiger partial charge in [-0.05, 0) is 54.4 Å². The number of thioether (sulfide) groups is 1. The monoisotopic (exact) mass is 567 g/mol. The molecule has 2 amide bonds. The van der Waals surface area contributed by atoms with Crippen molar-refractivity contribution < 1.29 is 14.3 Å². The number of aromatic nitrogens is 3. The molecule has 1 aromatic heterocycles. The number of benzene rings is 3. The number of methoxy groups -OCH3 is 1. The third kappa shape index (κ3) is 5.50. The van der Waals surface area contributed by atoms with E-state index >= 15 is 0 Å². The molecule has 0 saturated carbocycles. The Morgan fingerprint density at radius 2 is 1.87 bits per heavy atom. The number of rotatable bonds is 8. The Morgan fingerprint density at radius 1 is 1.03 bits per heavy atom. The second-order valence-corrected chi connectivity index (χ2v) is 10.2. The predicted molar refractivity (Wildman–Crippen MR) is 149 cm³/mol. The highest BCUT2D eigenvalue weighted by Crippen LogP contribution is 2.31. The Balaban J connectivity index is 1.36. The minimum atomic E-state index is -0.287.